The molecule has 4 aromatic rings. The molecule has 0 aliphatic carbocycles. The quantitative estimate of drug-likeness (QED) is 0.161. The summed E-state index contributed by atoms with van der Waals surface area (Å²) in [7, 11) is -7.38. The first-order valence-electron chi connectivity index (χ1n) is 16.8. The van der Waals surface area contributed by atoms with E-state index in [4.69, 9.17) is 22.6 Å². The van der Waals surface area contributed by atoms with Crippen LogP contribution in [0.3, 0.4) is 0 Å². The van der Waals surface area contributed by atoms with Crippen LogP contribution in [-0.4, -0.2) is 30.8 Å². The summed E-state index contributed by atoms with van der Waals surface area (Å²) in [6.07, 6.45) is 0. The molecule has 0 saturated carbocycles. The first kappa shape index (κ1) is 39.1. The van der Waals surface area contributed by atoms with Gasteiger partial charge in [-0.1, -0.05) is 17.7 Å². The van der Waals surface area contributed by atoms with Gasteiger partial charge in [0.25, 0.3) is 0 Å². The fourth-order valence-corrected chi connectivity index (χ4v) is 10.2. The molecule has 0 heterocycles. The van der Waals surface area contributed by atoms with Crippen LogP contribution in [0.15, 0.2) is 111 Å². The summed E-state index contributed by atoms with van der Waals surface area (Å²) in [5, 5.41) is 0. The van der Waals surface area contributed by atoms with Gasteiger partial charge >= 0.3 is 10.1 Å². The van der Waals surface area contributed by atoms with Crippen LogP contribution in [0.5, 0.6) is 23.0 Å². The van der Waals surface area contributed by atoms with Gasteiger partial charge in [0.15, 0.2) is 11.5 Å². The van der Waals surface area contributed by atoms with Crippen LogP contribution in [0.25, 0.3) is 0 Å². The Morgan fingerprint density at radius 3 is 1.18 bits per heavy atom. The lowest BCUT2D eigenvalue weighted by atomic mass is 10.1. The maximum atomic E-state index is 14.4. The largest absolute Gasteiger partial charge is 0.488 e. The standard InChI is InChI=1S/C41H54O7S2/c1-29-14-20-34(21-15-29)50(42,43)48-49(32-22-16-30(17-23-32)44-38(2,3)4,33-24-18-31(19-25-33)45-39(5,6)7)35-26-27-36(46-40(8,9)10)37(28-35)47-41(11,12)13/h14-28H,1-13H3. The summed E-state index contributed by atoms with van der Waals surface area (Å²) in [4.78, 5) is 1.94. The zero-order valence-electron chi connectivity index (χ0n) is 31.8. The van der Waals surface area contributed by atoms with E-state index in [0.717, 1.165) is 5.56 Å². The van der Waals surface area contributed by atoms with Crippen molar-refractivity contribution in [3.8, 4) is 23.0 Å². The van der Waals surface area contributed by atoms with Crippen LogP contribution in [0.1, 0.15) is 88.6 Å². The molecule has 9 heteroatoms. The molecule has 4 aromatic carbocycles. The number of aryl methyl sites for hydroxylation is 1. The maximum Gasteiger partial charge on any atom is 0.307 e. The topological polar surface area (TPSA) is 80.3 Å². The van der Waals surface area contributed by atoms with Gasteiger partial charge in [-0.05, 0) is 179 Å². The monoisotopic (exact) mass is 722 g/mol. The average molecular weight is 723 g/mol. The van der Waals surface area contributed by atoms with E-state index in [0.29, 0.717) is 37.7 Å². The van der Waals surface area contributed by atoms with Crippen molar-refractivity contribution < 1.29 is 31.0 Å². The van der Waals surface area contributed by atoms with E-state index in [1.165, 1.54) is 0 Å². The van der Waals surface area contributed by atoms with Crippen molar-refractivity contribution in [3.63, 3.8) is 0 Å². The van der Waals surface area contributed by atoms with Crippen molar-refractivity contribution >= 4 is 20.4 Å². The molecule has 0 amide bonds. The highest BCUT2D eigenvalue weighted by atomic mass is 32.3. The van der Waals surface area contributed by atoms with E-state index in [1.54, 1.807) is 24.3 Å². The summed E-state index contributed by atoms with van der Waals surface area (Å²) < 4.78 is 60.8. The molecule has 0 atom stereocenters. The summed E-state index contributed by atoms with van der Waals surface area (Å²) in [6.45, 7) is 25.6. The lowest BCUT2D eigenvalue weighted by Gasteiger charge is -2.40. The molecular formula is C41H54O7S2. The second-order valence-corrected chi connectivity index (χ2v) is 20.8. The highest BCUT2D eigenvalue weighted by molar-refractivity contribution is 8.33. The van der Waals surface area contributed by atoms with Crippen LogP contribution < -0.4 is 18.9 Å². The fourth-order valence-electron chi connectivity index (χ4n) is 5.00. The smallest absolute Gasteiger partial charge is 0.307 e. The molecule has 0 bridgehead atoms. The molecule has 0 saturated heterocycles. The van der Waals surface area contributed by atoms with E-state index in [9.17, 15) is 8.42 Å². The molecule has 0 spiro atoms. The molecule has 0 aliphatic rings. The third-order valence-corrected chi connectivity index (χ3v) is 11.9. The number of hydrogen-bond donors (Lipinski definition) is 0. The van der Waals surface area contributed by atoms with Crippen molar-refractivity contribution in [1.29, 1.82) is 0 Å². The van der Waals surface area contributed by atoms with Crippen LogP contribution in [-0.2, 0) is 13.7 Å². The Hall–Kier alpha value is -3.66. The Morgan fingerprint density at radius 2 is 0.780 bits per heavy atom. The zero-order valence-corrected chi connectivity index (χ0v) is 33.5. The molecule has 0 radical (unpaired) electrons. The maximum absolute atomic E-state index is 14.4. The molecule has 0 aromatic heterocycles. The van der Waals surface area contributed by atoms with Gasteiger partial charge in [-0.2, -0.15) is 8.42 Å². The Bertz CT molecular complexity index is 1790. The number of rotatable bonds is 10. The lowest BCUT2D eigenvalue weighted by Crippen LogP contribution is -2.26. The van der Waals surface area contributed by atoms with Crippen molar-refractivity contribution in [2.24, 2.45) is 0 Å². The van der Waals surface area contributed by atoms with Gasteiger partial charge in [0, 0.05) is 14.7 Å². The molecule has 0 N–H and O–H groups in total. The molecule has 272 valence electrons. The molecule has 4 rings (SSSR count). The fraction of sp³-hybridized carbons (Fsp3) is 0.415. The van der Waals surface area contributed by atoms with Crippen LogP contribution >= 0.6 is 10.3 Å². The van der Waals surface area contributed by atoms with Crippen LogP contribution in [0.2, 0.25) is 0 Å². The average Bonchev–Trinajstić information content (AvgIpc) is 2.95. The summed E-state index contributed by atoms with van der Waals surface area (Å²) in [5.74, 6) is 2.30. The van der Waals surface area contributed by atoms with Crippen molar-refractivity contribution in [2.45, 2.75) is 132 Å². The predicted molar refractivity (Wildman–Crippen MR) is 203 cm³/mol. The minimum absolute atomic E-state index is 0.0548. The molecule has 7 nitrogen and oxygen atoms in total. The summed E-state index contributed by atoms with van der Waals surface area (Å²) in [6, 6.07) is 27.2. The summed E-state index contributed by atoms with van der Waals surface area (Å²) >= 11 is 0. The van der Waals surface area contributed by atoms with Gasteiger partial charge in [-0.25, -0.2) is 3.63 Å². The summed E-state index contributed by atoms with van der Waals surface area (Å²) in [5.41, 5.74) is -1.02. The molecule has 0 fully saturated rings. The van der Waals surface area contributed by atoms with E-state index >= 15 is 0 Å². The third kappa shape index (κ3) is 10.4. The van der Waals surface area contributed by atoms with Gasteiger partial charge in [-0.15, -0.1) is 0 Å². The zero-order chi connectivity index (χ0) is 37.3. The highest BCUT2D eigenvalue weighted by Gasteiger charge is 2.40. The Labute approximate surface area is 301 Å². The van der Waals surface area contributed by atoms with Gasteiger partial charge < -0.3 is 18.9 Å². The number of ether oxygens (including phenoxy) is 4. The Morgan fingerprint density at radius 1 is 0.420 bits per heavy atom. The predicted octanol–water partition coefficient (Wildman–Crippen LogP) is 11.3. The van der Waals surface area contributed by atoms with Crippen LogP contribution in [0.4, 0.5) is 0 Å². The van der Waals surface area contributed by atoms with Crippen LogP contribution in [0, 0.1) is 6.92 Å². The third-order valence-electron chi connectivity index (χ3n) is 6.74. The molecule has 0 aliphatic heterocycles. The molecule has 50 heavy (non-hydrogen) atoms. The minimum Gasteiger partial charge on any atom is -0.488 e. The van der Waals surface area contributed by atoms with E-state index in [2.05, 4.69) is 0 Å². The highest BCUT2D eigenvalue weighted by Crippen LogP contribution is 2.71. The first-order valence-corrected chi connectivity index (χ1v) is 19.8. The second kappa shape index (κ2) is 14.2. The second-order valence-electron chi connectivity index (χ2n) is 16.3. The Balaban J connectivity index is 2.09. The lowest BCUT2D eigenvalue weighted by molar-refractivity contribution is 0.0954. The molecular weight excluding hydrogens is 669 g/mol. The van der Waals surface area contributed by atoms with E-state index in [1.807, 2.05) is 157 Å². The minimum atomic E-state index is -4.34. The molecule has 0 unspecified atom stereocenters. The Kier molecular flexibility index (Phi) is 11.1. The van der Waals surface area contributed by atoms with Gasteiger partial charge in [0.2, 0.25) is 0 Å². The number of benzene rings is 4. The first-order chi connectivity index (χ1) is 22.9. The van der Waals surface area contributed by atoms with Gasteiger partial charge in [-0.3, -0.25) is 0 Å². The number of hydrogen-bond acceptors (Lipinski definition) is 7. The van der Waals surface area contributed by atoms with E-state index in [-0.39, 0.29) is 4.90 Å². The van der Waals surface area contributed by atoms with Crippen molar-refractivity contribution in [1.82, 2.24) is 0 Å². The normalized spacial score (nSPS) is 13.5. The van der Waals surface area contributed by atoms with Gasteiger partial charge in [0.05, 0.1) is 4.90 Å². The van der Waals surface area contributed by atoms with Crippen molar-refractivity contribution in [2.75, 3.05) is 0 Å². The van der Waals surface area contributed by atoms with Crippen molar-refractivity contribution in [3.05, 3.63) is 96.6 Å². The van der Waals surface area contributed by atoms with E-state index < -0.39 is 42.8 Å². The van der Waals surface area contributed by atoms with Gasteiger partial charge in [0.1, 0.15) is 33.9 Å². The SMILES string of the molecule is Cc1ccc(S(=O)(=O)OS(c2ccc(OC(C)(C)C)cc2)(c2ccc(OC(C)(C)C)cc2)c2ccc(OC(C)(C)C)c(OC(C)(C)C)c2)cc1.